The van der Waals surface area contributed by atoms with Crippen LogP contribution in [0.25, 0.3) is 11.2 Å². The van der Waals surface area contributed by atoms with Crippen molar-refractivity contribution in [3.8, 4) is 0 Å². The first-order chi connectivity index (χ1) is 56.0. The first-order valence-corrected chi connectivity index (χ1v) is 39.0. The van der Waals surface area contributed by atoms with Crippen molar-refractivity contribution in [3.63, 3.8) is 0 Å². The lowest BCUT2D eigenvalue weighted by Gasteiger charge is -2.28. The molecular weight excluding hydrogens is 1640 g/mol. The molecule has 50 nitrogen and oxygen atoms in total. The summed E-state index contributed by atoms with van der Waals surface area (Å²) in [5, 5.41) is 214. The Morgan fingerprint density at radius 1 is 0.429 bits per heavy atom. The predicted octanol–water partition coefficient (Wildman–Crippen LogP) is -13.0. The minimum atomic E-state index is -2.24. The molecular formula is C67H102N16O34S2. The Balaban J connectivity index is 2.08. The van der Waals surface area contributed by atoms with Crippen LogP contribution in [0.2, 0.25) is 0 Å². The summed E-state index contributed by atoms with van der Waals surface area (Å²) in [7, 11) is 2.17. The van der Waals surface area contributed by atoms with Crippen molar-refractivity contribution in [2.45, 2.75) is 206 Å². The molecule has 0 fully saturated rings. The van der Waals surface area contributed by atoms with Crippen LogP contribution in [-0.4, -0.2) is 366 Å². The third kappa shape index (κ3) is 36.5. The molecule has 0 bridgehead atoms. The molecule has 119 heavy (non-hydrogen) atoms. The van der Waals surface area contributed by atoms with Gasteiger partial charge in [-0.15, -0.1) is 0 Å². The summed E-state index contributed by atoms with van der Waals surface area (Å²) in [5.74, 6) is -19.6. The van der Waals surface area contributed by atoms with Crippen molar-refractivity contribution in [2.24, 2.45) is 0 Å². The number of aliphatic hydroxyl groups is 15. The van der Waals surface area contributed by atoms with E-state index < -0.39 is 321 Å². The van der Waals surface area contributed by atoms with Crippen LogP contribution in [0.4, 0.5) is 11.6 Å². The lowest BCUT2D eigenvalue weighted by atomic mass is 10.0. The summed E-state index contributed by atoms with van der Waals surface area (Å²) >= 11 is 0. The minimum Gasteiger partial charge on any atom is -0.481 e. The van der Waals surface area contributed by atoms with E-state index in [1.807, 2.05) is 0 Å². The predicted molar refractivity (Wildman–Crippen MR) is 408 cm³/mol. The molecule has 0 saturated heterocycles. The van der Waals surface area contributed by atoms with Gasteiger partial charge < -0.3 is 161 Å². The average molecular weight is 1740 g/mol. The number of carboxylic acids is 4. The Hall–Kier alpha value is -10.3. The first-order valence-electron chi connectivity index (χ1n) is 36.5. The van der Waals surface area contributed by atoms with Crippen LogP contribution in [0.3, 0.4) is 0 Å². The first kappa shape index (κ1) is 103. The maximum absolute atomic E-state index is 14.7. The number of fused-ring (bicyclic) bond motifs is 1. The van der Waals surface area contributed by atoms with Gasteiger partial charge in [0.05, 0.1) is 56.6 Å². The van der Waals surface area contributed by atoms with E-state index in [-0.39, 0.29) is 40.7 Å². The summed E-state index contributed by atoms with van der Waals surface area (Å²) in [6.07, 6.45) is -34.7. The molecule has 0 unspecified atom stereocenters. The van der Waals surface area contributed by atoms with Crippen molar-refractivity contribution >= 4 is 127 Å². The highest BCUT2D eigenvalue weighted by molar-refractivity contribution is 8.76. The summed E-state index contributed by atoms with van der Waals surface area (Å²) in [5.41, 5.74) is 5.37. The van der Waals surface area contributed by atoms with Gasteiger partial charge in [-0.05, 0) is 62.8 Å². The number of aliphatic carboxylic acids is 4. The Bertz CT molecular complexity index is 3940. The molecule has 3 rings (SSSR count). The highest BCUT2D eigenvalue weighted by Crippen LogP contribution is 2.22. The van der Waals surface area contributed by atoms with E-state index in [4.69, 9.17) is 10.8 Å². The van der Waals surface area contributed by atoms with Crippen molar-refractivity contribution in [3.05, 3.63) is 52.1 Å². The minimum absolute atomic E-state index is 0.00248. The van der Waals surface area contributed by atoms with Gasteiger partial charge >= 0.3 is 23.9 Å². The van der Waals surface area contributed by atoms with Crippen LogP contribution < -0.4 is 69.8 Å². The van der Waals surface area contributed by atoms with Crippen LogP contribution in [-0.2, 0) is 68.9 Å². The molecule has 1 aromatic carbocycles. The third-order valence-corrected chi connectivity index (χ3v) is 19.9. The highest BCUT2D eigenvalue weighted by atomic mass is 33.1. The number of H-pyrrole nitrogens is 1. The van der Waals surface area contributed by atoms with Crippen LogP contribution in [0.1, 0.15) is 100 Å². The standard InChI is InChI=1S/C67H102N16O34S2/c1-2-118-119-27-37(66(116)117)81-63(112)33(9-15-46(95)72-23-40(89)53(103)56(106)43(92)26-86)77-62(111)35(12-18-49(99)100)79-60(109)32(8-14-45(94)71-22-39(88)52(102)55(105)42(91)25-85)76-61(110)34(11-17-48(97)98)78-59(108)31(7-13-44(93)70-21-38(87)51(101)54(104)41(90)24-84)75-47(96)16-10-36(65(114)115)80-58(107)28-3-5-29(6-4-28)69-19-30-20-73-57-50(74-30)64(113)83-67(68)82-57/h3-6,20,31-43,51-56,69,84-92,101-106H,2,7-19,21-27H2,1H3,(H,70,93)(H,71,94)(H,72,95)(H,75,96)(H,76,110)(H,77,111)(H,78,108)(H,79,109)(H,80,107)(H,81,112)(H,97,98)(H,99,100)(H,114,115)(H,116,117)(H3,68,73,82,83,113)/t31-,32-,33-,34-,35-,36-,37-,38-,39-,40-,41+,42+,43+,51+,52+,53+,54+,55+,56+/m0/s1. The second-order valence-corrected chi connectivity index (χ2v) is 29.4. The molecule has 0 saturated carbocycles. The van der Waals surface area contributed by atoms with Gasteiger partial charge in [0, 0.05) is 80.9 Å². The molecule has 2 heterocycles. The van der Waals surface area contributed by atoms with Crippen molar-refractivity contribution < 1.29 is 164 Å². The summed E-state index contributed by atoms with van der Waals surface area (Å²) in [4.78, 5) is 216. The number of nitrogens with two attached hydrogens (primary N) is 1. The average Bonchev–Trinajstić information content (AvgIpc) is 0.808. The molecule has 52 heteroatoms. The number of anilines is 2. The number of carbonyl (C=O) groups excluding carboxylic acids is 10. The Kier molecular flexibility index (Phi) is 45.5. The van der Waals surface area contributed by atoms with E-state index >= 15 is 0 Å². The molecule has 2 aromatic heterocycles. The number of nitrogens with zero attached hydrogens (tertiary/aromatic N) is 3. The molecule has 666 valence electrons. The molecule has 0 aliphatic carbocycles. The molecule has 0 aliphatic heterocycles. The smallest absolute Gasteiger partial charge is 0.327 e. The highest BCUT2D eigenvalue weighted by Gasteiger charge is 2.38. The van der Waals surface area contributed by atoms with Gasteiger partial charge in [0.15, 0.2) is 11.2 Å². The molecule has 0 spiro atoms. The van der Waals surface area contributed by atoms with Gasteiger partial charge in [0.25, 0.3) is 11.5 Å². The number of hydrogen-bond donors (Lipinski definition) is 32. The van der Waals surface area contributed by atoms with Gasteiger partial charge in [0.2, 0.25) is 59.1 Å². The molecule has 0 radical (unpaired) electrons. The molecule has 19 atom stereocenters. The van der Waals surface area contributed by atoms with Crippen LogP contribution >= 0.6 is 21.6 Å². The molecule has 3 aromatic rings. The van der Waals surface area contributed by atoms with Gasteiger partial charge in [0.1, 0.15) is 97.2 Å². The number of aliphatic hydroxyl groups excluding tert-OH is 15. The number of aromatic amines is 1. The van der Waals surface area contributed by atoms with E-state index in [1.54, 1.807) is 6.92 Å². The maximum Gasteiger partial charge on any atom is 0.327 e. The van der Waals surface area contributed by atoms with Gasteiger partial charge in [-0.25, -0.2) is 19.6 Å². The number of hydrogen-bond acceptors (Lipinski definition) is 37. The number of rotatable bonds is 58. The van der Waals surface area contributed by atoms with Gasteiger partial charge in [-0.2, -0.15) is 4.98 Å². The second-order valence-electron chi connectivity index (χ2n) is 26.6. The number of carboxylic acid groups (broad SMARTS) is 4. The third-order valence-electron chi connectivity index (χ3n) is 17.4. The number of amides is 10. The zero-order valence-electron chi connectivity index (χ0n) is 63.6. The zero-order chi connectivity index (χ0) is 89.5. The van der Waals surface area contributed by atoms with Crippen molar-refractivity contribution in [1.29, 1.82) is 0 Å². The summed E-state index contributed by atoms with van der Waals surface area (Å²) in [6, 6.07) is -8.87. The summed E-state index contributed by atoms with van der Waals surface area (Å²) in [6.45, 7) is -4.23. The van der Waals surface area contributed by atoms with Crippen LogP contribution in [0, 0.1) is 0 Å². The van der Waals surface area contributed by atoms with E-state index in [9.17, 15) is 164 Å². The molecule has 10 amide bonds. The maximum atomic E-state index is 14.7. The molecule has 33 N–H and O–H groups in total. The lowest BCUT2D eigenvalue weighted by Crippen LogP contribution is -2.60. The van der Waals surface area contributed by atoms with E-state index in [2.05, 4.69) is 78.4 Å². The Morgan fingerprint density at radius 2 is 0.773 bits per heavy atom. The van der Waals surface area contributed by atoms with Crippen molar-refractivity contribution in [1.82, 2.24) is 73.1 Å². The van der Waals surface area contributed by atoms with Gasteiger partial charge in [-0.1, -0.05) is 28.5 Å². The SMILES string of the molecule is CCSSC[C@H](NC(=O)[C@H](CCC(=O)NC[C@H](O)[C@@H](O)[C@H](O)[C@H](O)CO)NC(=O)[C@H](CCC(=O)O)NC(=O)[C@H](CCC(=O)NC[C@H](O)[C@@H](O)[C@H](O)[C@H](O)CO)NC(=O)[C@H](CCC(=O)O)NC(=O)[C@H](CCC(=O)NC[C@H](O)[C@@H](O)[C@H](O)[C@H](O)CO)NC(=O)CC[C@H](NC(=O)c1ccc(NCc2cnc3nc(N)[nH]c(=O)c3n2)cc1)C(=O)O)C(=O)O. The number of nitrogens with one attached hydrogen (secondary N) is 12. The number of nitrogen functional groups attached to an aromatic ring is 1. The van der Waals surface area contributed by atoms with Gasteiger partial charge in [-0.3, -0.25) is 67.3 Å². The number of benzene rings is 1. The summed E-state index contributed by atoms with van der Waals surface area (Å²) < 4.78 is 0. The fraction of sp³-hybridized carbons (Fsp3) is 0.612. The fourth-order valence-corrected chi connectivity index (χ4v) is 12.3. The number of carbonyl (C=O) groups is 14. The van der Waals surface area contributed by atoms with Crippen molar-refractivity contribution in [2.75, 3.05) is 62.0 Å². The van der Waals surface area contributed by atoms with E-state index in [0.717, 1.165) is 10.8 Å². The zero-order valence-corrected chi connectivity index (χ0v) is 65.2. The largest absolute Gasteiger partial charge is 0.481 e. The Labute approximate surface area is 682 Å². The van der Waals surface area contributed by atoms with Crippen LogP contribution in [0.15, 0.2) is 35.3 Å². The monoisotopic (exact) mass is 1740 g/mol. The van der Waals surface area contributed by atoms with E-state index in [0.29, 0.717) is 11.4 Å². The Morgan fingerprint density at radius 3 is 1.13 bits per heavy atom. The fourth-order valence-electron chi connectivity index (χ4n) is 10.4. The lowest BCUT2D eigenvalue weighted by molar-refractivity contribution is -0.142. The van der Waals surface area contributed by atoms with Crippen LogP contribution in [0.5, 0.6) is 0 Å². The molecule has 0 aliphatic rings. The normalized spacial score (nSPS) is 16.2. The van der Waals surface area contributed by atoms with E-state index in [1.165, 1.54) is 41.3 Å². The topological polar surface area (TPSA) is 853 Å². The quantitative estimate of drug-likeness (QED) is 0.0184. The number of aromatic nitrogens is 4. The second kappa shape index (κ2) is 52.6.